The molecule has 0 unspecified atom stereocenters. The van der Waals surface area contributed by atoms with E-state index >= 15 is 0 Å². The Morgan fingerprint density at radius 3 is 2.20 bits per heavy atom. The minimum absolute atomic E-state index is 0.106. The number of hydrogen-bond acceptors (Lipinski definition) is 3. The Morgan fingerprint density at radius 2 is 1.70 bits per heavy atom. The van der Waals surface area contributed by atoms with Crippen LogP contribution in [0.4, 0.5) is 22.0 Å². The number of hydrogen-bond donors (Lipinski definition) is 1. The van der Waals surface area contributed by atoms with E-state index < -0.39 is 24.7 Å². The molecular formula is C12H10F5NO2. The Kier molecular flexibility index (Phi) is 4.69. The minimum Gasteiger partial charge on any atom is -0.456 e. The maximum atomic E-state index is 12.5. The molecule has 110 valence electrons. The number of rotatable bonds is 4. The Balaban J connectivity index is 2.65. The standard InChI is InChI=1S/C12H10F5NO2/c13-11(14,12(15,16)17)7-20-10(19)6-9(18)8-4-2-1-3-5-8/h1-6H,7,18H2/b9-6+. The van der Waals surface area contributed by atoms with Crippen LogP contribution in [0.15, 0.2) is 36.4 Å². The fourth-order valence-electron chi connectivity index (χ4n) is 1.13. The summed E-state index contributed by atoms with van der Waals surface area (Å²) in [5, 5.41) is 0. The van der Waals surface area contributed by atoms with Crippen molar-refractivity contribution in [1.29, 1.82) is 0 Å². The van der Waals surface area contributed by atoms with E-state index in [2.05, 4.69) is 4.74 Å². The second-order valence-corrected chi connectivity index (χ2v) is 3.78. The lowest BCUT2D eigenvalue weighted by Gasteiger charge is -2.18. The number of carbonyl (C=O) groups is 1. The first kappa shape index (κ1) is 15.9. The Bertz CT molecular complexity index is 496. The summed E-state index contributed by atoms with van der Waals surface area (Å²) in [5.74, 6) is -6.48. The predicted octanol–water partition coefficient (Wildman–Crippen LogP) is 2.73. The molecule has 8 heteroatoms. The third-order valence-corrected chi connectivity index (χ3v) is 2.19. The molecule has 0 spiro atoms. The molecule has 0 aliphatic heterocycles. The van der Waals surface area contributed by atoms with Crippen LogP contribution in [0.5, 0.6) is 0 Å². The molecule has 0 aromatic heterocycles. The van der Waals surface area contributed by atoms with Gasteiger partial charge in [-0.15, -0.1) is 0 Å². The molecule has 1 rings (SSSR count). The number of carbonyl (C=O) groups excluding carboxylic acids is 1. The van der Waals surface area contributed by atoms with Crippen LogP contribution < -0.4 is 5.73 Å². The number of ether oxygens (including phenoxy) is 1. The Morgan fingerprint density at radius 1 is 1.15 bits per heavy atom. The van der Waals surface area contributed by atoms with Gasteiger partial charge in [-0.1, -0.05) is 30.3 Å². The van der Waals surface area contributed by atoms with Gasteiger partial charge in [-0.2, -0.15) is 22.0 Å². The highest BCUT2D eigenvalue weighted by molar-refractivity contribution is 5.90. The molecule has 20 heavy (non-hydrogen) atoms. The number of esters is 1. The van der Waals surface area contributed by atoms with Gasteiger partial charge < -0.3 is 10.5 Å². The lowest BCUT2D eigenvalue weighted by Crippen LogP contribution is -2.41. The fraction of sp³-hybridized carbons (Fsp3) is 0.250. The SMILES string of the molecule is N/C(=C/C(=O)OCC(F)(F)C(F)(F)F)c1ccccc1. The molecule has 1 aromatic rings. The number of benzene rings is 1. The first-order valence-electron chi connectivity index (χ1n) is 5.27. The summed E-state index contributed by atoms with van der Waals surface area (Å²) in [5.41, 5.74) is 5.78. The molecule has 0 fully saturated rings. The lowest BCUT2D eigenvalue weighted by molar-refractivity contribution is -0.293. The van der Waals surface area contributed by atoms with Crippen molar-refractivity contribution >= 4 is 11.7 Å². The highest BCUT2D eigenvalue weighted by Gasteiger charge is 2.58. The lowest BCUT2D eigenvalue weighted by atomic mass is 10.1. The predicted molar refractivity (Wildman–Crippen MR) is 60.6 cm³/mol. The van der Waals surface area contributed by atoms with E-state index in [1.54, 1.807) is 18.2 Å². The maximum absolute atomic E-state index is 12.5. The summed E-state index contributed by atoms with van der Waals surface area (Å²) in [4.78, 5) is 11.1. The highest BCUT2D eigenvalue weighted by Crippen LogP contribution is 2.35. The van der Waals surface area contributed by atoms with Gasteiger partial charge in [-0.25, -0.2) is 4.79 Å². The first-order valence-corrected chi connectivity index (χ1v) is 5.27. The highest BCUT2D eigenvalue weighted by atomic mass is 19.4. The molecule has 0 amide bonds. The molecule has 1 aromatic carbocycles. The fourth-order valence-corrected chi connectivity index (χ4v) is 1.13. The molecule has 0 aliphatic rings. The average molecular weight is 295 g/mol. The van der Waals surface area contributed by atoms with Crippen LogP contribution in [0.3, 0.4) is 0 Å². The molecule has 3 nitrogen and oxygen atoms in total. The number of alkyl halides is 5. The molecule has 0 atom stereocenters. The van der Waals surface area contributed by atoms with Gasteiger partial charge in [0.05, 0.1) is 0 Å². The minimum atomic E-state index is -5.78. The van der Waals surface area contributed by atoms with E-state index in [-0.39, 0.29) is 5.70 Å². The van der Waals surface area contributed by atoms with E-state index in [0.29, 0.717) is 11.6 Å². The van der Waals surface area contributed by atoms with Gasteiger partial charge in [0.15, 0.2) is 6.61 Å². The van der Waals surface area contributed by atoms with Crippen LogP contribution in [-0.2, 0) is 9.53 Å². The Hall–Kier alpha value is -2.12. The third kappa shape index (κ3) is 4.22. The number of nitrogens with two attached hydrogens (primary N) is 1. The summed E-state index contributed by atoms with van der Waals surface area (Å²) >= 11 is 0. The monoisotopic (exact) mass is 295 g/mol. The molecule has 0 saturated carbocycles. The zero-order valence-corrected chi connectivity index (χ0v) is 9.95. The van der Waals surface area contributed by atoms with Crippen molar-refractivity contribution in [2.75, 3.05) is 6.61 Å². The molecule has 0 radical (unpaired) electrons. The van der Waals surface area contributed by atoms with Crippen LogP contribution in [0.1, 0.15) is 5.56 Å². The number of halogens is 5. The normalized spacial score (nSPS) is 13.2. The van der Waals surface area contributed by atoms with E-state index in [9.17, 15) is 26.7 Å². The van der Waals surface area contributed by atoms with E-state index in [1.807, 2.05) is 0 Å². The maximum Gasteiger partial charge on any atom is 0.456 e. The van der Waals surface area contributed by atoms with Crippen LogP contribution in [0.25, 0.3) is 5.70 Å². The van der Waals surface area contributed by atoms with Crippen molar-refractivity contribution in [3.8, 4) is 0 Å². The summed E-state index contributed by atoms with van der Waals surface area (Å²) in [6.07, 6.45) is -5.14. The summed E-state index contributed by atoms with van der Waals surface area (Å²) in [6.45, 7) is -2.09. The van der Waals surface area contributed by atoms with Gasteiger partial charge in [-0.05, 0) is 5.56 Å². The van der Waals surface area contributed by atoms with Crippen molar-refractivity contribution < 1.29 is 31.5 Å². The van der Waals surface area contributed by atoms with Crippen LogP contribution >= 0.6 is 0 Å². The van der Waals surface area contributed by atoms with Crippen LogP contribution in [0, 0.1) is 0 Å². The van der Waals surface area contributed by atoms with E-state index in [1.165, 1.54) is 12.1 Å². The van der Waals surface area contributed by atoms with Gasteiger partial charge in [0.1, 0.15) is 0 Å². The van der Waals surface area contributed by atoms with Crippen molar-refractivity contribution in [3.05, 3.63) is 42.0 Å². The zero-order valence-electron chi connectivity index (χ0n) is 9.95. The molecule has 2 N–H and O–H groups in total. The van der Waals surface area contributed by atoms with Gasteiger partial charge in [-0.3, -0.25) is 0 Å². The van der Waals surface area contributed by atoms with Gasteiger partial charge in [0.25, 0.3) is 0 Å². The van der Waals surface area contributed by atoms with Gasteiger partial charge in [0.2, 0.25) is 0 Å². The second kappa shape index (κ2) is 5.89. The molecule has 0 saturated heterocycles. The summed E-state index contributed by atoms with van der Waals surface area (Å²) in [7, 11) is 0. The Labute approximate surface area is 110 Å². The largest absolute Gasteiger partial charge is 0.456 e. The van der Waals surface area contributed by atoms with Crippen molar-refractivity contribution in [3.63, 3.8) is 0 Å². The average Bonchev–Trinajstić information content (AvgIpc) is 2.36. The molecule has 0 heterocycles. The van der Waals surface area contributed by atoms with Crippen molar-refractivity contribution in [1.82, 2.24) is 0 Å². The summed E-state index contributed by atoms with van der Waals surface area (Å²) in [6, 6.07) is 7.96. The smallest absolute Gasteiger partial charge is 0.456 e. The quantitative estimate of drug-likeness (QED) is 0.528. The van der Waals surface area contributed by atoms with Crippen LogP contribution in [0.2, 0.25) is 0 Å². The topological polar surface area (TPSA) is 52.3 Å². The van der Waals surface area contributed by atoms with Crippen LogP contribution in [-0.4, -0.2) is 24.7 Å². The van der Waals surface area contributed by atoms with Gasteiger partial charge in [0, 0.05) is 11.8 Å². The summed E-state index contributed by atoms with van der Waals surface area (Å²) < 4.78 is 64.3. The molecule has 0 bridgehead atoms. The van der Waals surface area contributed by atoms with Crippen molar-refractivity contribution in [2.45, 2.75) is 12.1 Å². The second-order valence-electron chi connectivity index (χ2n) is 3.78. The molecular weight excluding hydrogens is 285 g/mol. The third-order valence-electron chi connectivity index (χ3n) is 2.19. The van der Waals surface area contributed by atoms with Crippen molar-refractivity contribution in [2.24, 2.45) is 5.73 Å². The first-order chi connectivity index (χ1) is 9.13. The molecule has 0 aliphatic carbocycles. The van der Waals surface area contributed by atoms with E-state index in [0.717, 1.165) is 0 Å². The van der Waals surface area contributed by atoms with E-state index in [4.69, 9.17) is 5.73 Å². The zero-order chi connectivity index (χ0) is 15.4. The van der Waals surface area contributed by atoms with Gasteiger partial charge >= 0.3 is 18.1 Å².